The first kappa shape index (κ1) is 20.8. The maximum atomic E-state index is 12.6. The molecule has 1 aromatic heterocycles. The number of ether oxygens (including phenoxy) is 3. The summed E-state index contributed by atoms with van der Waals surface area (Å²) in [6.45, 7) is 7.52. The molecule has 146 valence electrons. The fourth-order valence-corrected chi connectivity index (χ4v) is 2.96. The van der Waals surface area contributed by atoms with Crippen molar-refractivity contribution in [1.29, 1.82) is 0 Å². The van der Waals surface area contributed by atoms with Crippen LogP contribution in [-0.4, -0.2) is 38.3 Å². The molecule has 7 heteroatoms. The van der Waals surface area contributed by atoms with Crippen LogP contribution in [0.2, 0.25) is 5.02 Å². The van der Waals surface area contributed by atoms with Crippen LogP contribution in [-0.2, 0) is 4.74 Å². The van der Waals surface area contributed by atoms with E-state index in [0.717, 1.165) is 30.9 Å². The standard InChI is InChI=1S/C20H25ClN2O4/c1-6-10-23(7-2)15-11-13(3)22-19(18(15)20(24)26-5)27-16-9-8-14(21)12-17(16)25-4/h8-9,11-12H,6-7,10H2,1-5H3. The van der Waals surface area contributed by atoms with Crippen LogP contribution in [0, 0.1) is 6.92 Å². The maximum Gasteiger partial charge on any atom is 0.345 e. The van der Waals surface area contributed by atoms with Crippen LogP contribution in [0.1, 0.15) is 36.3 Å². The summed E-state index contributed by atoms with van der Waals surface area (Å²) in [4.78, 5) is 19.1. The molecule has 0 radical (unpaired) electrons. The van der Waals surface area contributed by atoms with Crippen molar-refractivity contribution in [1.82, 2.24) is 4.98 Å². The third-order valence-corrected chi connectivity index (χ3v) is 4.27. The molecule has 0 bridgehead atoms. The molecule has 27 heavy (non-hydrogen) atoms. The fourth-order valence-electron chi connectivity index (χ4n) is 2.79. The summed E-state index contributed by atoms with van der Waals surface area (Å²) in [5.41, 5.74) is 1.76. The zero-order valence-corrected chi connectivity index (χ0v) is 17.1. The highest BCUT2D eigenvalue weighted by molar-refractivity contribution is 6.30. The second-order valence-corrected chi connectivity index (χ2v) is 6.37. The van der Waals surface area contributed by atoms with Crippen LogP contribution in [0.4, 0.5) is 5.69 Å². The van der Waals surface area contributed by atoms with Crippen LogP contribution in [0.15, 0.2) is 24.3 Å². The quantitative estimate of drug-likeness (QED) is 0.597. The number of hydrogen-bond donors (Lipinski definition) is 0. The molecule has 2 aromatic rings. The normalized spacial score (nSPS) is 10.4. The number of rotatable bonds is 8. The summed E-state index contributed by atoms with van der Waals surface area (Å²) in [7, 11) is 2.86. The Balaban J connectivity index is 2.61. The van der Waals surface area contributed by atoms with E-state index in [0.29, 0.717) is 16.5 Å². The van der Waals surface area contributed by atoms with Gasteiger partial charge in [0.05, 0.1) is 19.9 Å². The molecule has 0 atom stereocenters. The Kier molecular flexibility index (Phi) is 7.30. The van der Waals surface area contributed by atoms with E-state index in [1.807, 2.05) is 19.9 Å². The van der Waals surface area contributed by atoms with E-state index in [4.69, 9.17) is 25.8 Å². The predicted octanol–water partition coefficient (Wildman–Crippen LogP) is 4.87. The van der Waals surface area contributed by atoms with Crippen molar-refractivity contribution in [3.8, 4) is 17.4 Å². The van der Waals surface area contributed by atoms with E-state index >= 15 is 0 Å². The lowest BCUT2D eigenvalue weighted by Gasteiger charge is -2.26. The van der Waals surface area contributed by atoms with E-state index < -0.39 is 5.97 Å². The van der Waals surface area contributed by atoms with Gasteiger partial charge in [0.1, 0.15) is 5.56 Å². The molecule has 0 aliphatic heterocycles. The molecule has 0 saturated carbocycles. The molecule has 0 aliphatic carbocycles. The number of benzene rings is 1. The Hall–Kier alpha value is -2.47. The number of nitrogens with zero attached hydrogens (tertiary/aromatic N) is 2. The maximum absolute atomic E-state index is 12.6. The average Bonchev–Trinajstić information content (AvgIpc) is 2.66. The van der Waals surface area contributed by atoms with Gasteiger partial charge in [0, 0.05) is 29.9 Å². The Morgan fingerprint density at radius 2 is 1.93 bits per heavy atom. The molecule has 1 heterocycles. The molecule has 0 saturated heterocycles. The van der Waals surface area contributed by atoms with Crippen molar-refractivity contribution in [2.45, 2.75) is 27.2 Å². The Bertz CT molecular complexity index is 811. The van der Waals surface area contributed by atoms with Gasteiger partial charge in [-0.3, -0.25) is 0 Å². The van der Waals surface area contributed by atoms with Gasteiger partial charge in [-0.05, 0) is 38.5 Å². The third kappa shape index (κ3) is 4.83. The molecule has 0 fully saturated rings. The smallest absolute Gasteiger partial charge is 0.345 e. The van der Waals surface area contributed by atoms with Gasteiger partial charge in [0.2, 0.25) is 5.88 Å². The van der Waals surface area contributed by atoms with Gasteiger partial charge in [-0.2, -0.15) is 0 Å². The molecular formula is C20H25ClN2O4. The number of methoxy groups -OCH3 is 2. The minimum Gasteiger partial charge on any atom is -0.493 e. The van der Waals surface area contributed by atoms with Gasteiger partial charge in [-0.1, -0.05) is 18.5 Å². The molecule has 2 rings (SSSR count). The van der Waals surface area contributed by atoms with Crippen molar-refractivity contribution in [2.75, 3.05) is 32.2 Å². The van der Waals surface area contributed by atoms with Gasteiger partial charge < -0.3 is 19.1 Å². The molecule has 0 spiro atoms. The molecule has 0 amide bonds. The van der Waals surface area contributed by atoms with Crippen molar-refractivity contribution in [3.05, 3.63) is 40.5 Å². The van der Waals surface area contributed by atoms with Crippen LogP contribution >= 0.6 is 11.6 Å². The van der Waals surface area contributed by atoms with Gasteiger partial charge in [0.15, 0.2) is 11.5 Å². The summed E-state index contributed by atoms with van der Waals surface area (Å²) < 4.78 is 16.3. The molecule has 1 aromatic carbocycles. The largest absolute Gasteiger partial charge is 0.493 e. The van der Waals surface area contributed by atoms with E-state index in [9.17, 15) is 4.79 Å². The first-order valence-electron chi connectivity index (χ1n) is 8.81. The van der Waals surface area contributed by atoms with Crippen molar-refractivity contribution in [3.63, 3.8) is 0 Å². The molecule has 0 aliphatic rings. The summed E-state index contributed by atoms with van der Waals surface area (Å²) in [6.07, 6.45) is 0.941. The number of hydrogen-bond acceptors (Lipinski definition) is 6. The van der Waals surface area contributed by atoms with E-state index in [-0.39, 0.29) is 11.4 Å². The fraction of sp³-hybridized carbons (Fsp3) is 0.400. The number of pyridine rings is 1. The summed E-state index contributed by atoms with van der Waals surface area (Å²) in [5, 5.41) is 0.519. The number of esters is 1. The van der Waals surface area contributed by atoms with Crippen molar-refractivity contribution < 1.29 is 19.0 Å². The average molecular weight is 393 g/mol. The second-order valence-electron chi connectivity index (χ2n) is 5.93. The lowest BCUT2D eigenvalue weighted by Crippen LogP contribution is -2.26. The van der Waals surface area contributed by atoms with Crippen LogP contribution in [0.5, 0.6) is 17.4 Å². The second kappa shape index (κ2) is 9.46. The number of aryl methyl sites for hydroxylation is 1. The highest BCUT2D eigenvalue weighted by Gasteiger charge is 2.25. The number of aromatic nitrogens is 1. The Morgan fingerprint density at radius 1 is 1.19 bits per heavy atom. The first-order chi connectivity index (χ1) is 12.9. The van der Waals surface area contributed by atoms with Crippen molar-refractivity contribution in [2.24, 2.45) is 0 Å². The van der Waals surface area contributed by atoms with E-state index in [2.05, 4.69) is 16.8 Å². The van der Waals surface area contributed by atoms with E-state index in [1.54, 1.807) is 18.2 Å². The molecule has 0 N–H and O–H groups in total. The van der Waals surface area contributed by atoms with Gasteiger partial charge in [-0.15, -0.1) is 0 Å². The number of carbonyl (C=O) groups is 1. The van der Waals surface area contributed by atoms with Gasteiger partial charge >= 0.3 is 5.97 Å². The minimum absolute atomic E-state index is 0.173. The third-order valence-electron chi connectivity index (χ3n) is 4.03. The van der Waals surface area contributed by atoms with E-state index in [1.165, 1.54) is 14.2 Å². The van der Waals surface area contributed by atoms with Gasteiger partial charge in [0.25, 0.3) is 0 Å². The lowest BCUT2D eigenvalue weighted by atomic mass is 10.1. The highest BCUT2D eigenvalue weighted by atomic mass is 35.5. The van der Waals surface area contributed by atoms with Crippen LogP contribution in [0.25, 0.3) is 0 Å². The Labute approximate surface area is 165 Å². The van der Waals surface area contributed by atoms with Crippen LogP contribution < -0.4 is 14.4 Å². The lowest BCUT2D eigenvalue weighted by molar-refractivity contribution is 0.0597. The predicted molar refractivity (Wildman–Crippen MR) is 107 cm³/mol. The summed E-state index contributed by atoms with van der Waals surface area (Å²) in [6, 6.07) is 6.87. The molecular weight excluding hydrogens is 368 g/mol. The SMILES string of the molecule is CCCN(CC)c1cc(C)nc(Oc2ccc(Cl)cc2OC)c1C(=O)OC. The van der Waals surface area contributed by atoms with Crippen molar-refractivity contribution >= 4 is 23.3 Å². The number of halogens is 1. The van der Waals surface area contributed by atoms with Gasteiger partial charge in [-0.25, -0.2) is 9.78 Å². The number of anilines is 1. The molecule has 0 unspecified atom stereocenters. The zero-order valence-electron chi connectivity index (χ0n) is 16.3. The summed E-state index contributed by atoms with van der Waals surface area (Å²) in [5.74, 6) is 0.528. The first-order valence-corrected chi connectivity index (χ1v) is 9.19. The Morgan fingerprint density at radius 3 is 2.52 bits per heavy atom. The van der Waals surface area contributed by atoms with Crippen LogP contribution in [0.3, 0.4) is 0 Å². The number of carbonyl (C=O) groups excluding carboxylic acids is 1. The molecule has 6 nitrogen and oxygen atoms in total. The summed E-state index contributed by atoms with van der Waals surface area (Å²) >= 11 is 6.02. The zero-order chi connectivity index (χ0) is 20.0. The highest BCUT2D eigenvalue weighted by Crippen LogP contribution is 2.37. The topological polar surface area (TPSA) is 60.9 Å². The minimum atomic E-state index is -0.505. The monoisotopic (exact) mass is 392 g/mol.